The van der Waals surface area contributed by atoms with Crippen LogP contribution < -0.4 is 10.6 Å². The SMILES string of the molecule is CC(=O)Nc1ccc(SC(C)C(=O)N(C)CC(=O)Nc2ccccc2Br)cc1. The molecule has 0 saturated carbocycles. The Hall–Kier alpha value is -2.32. The van der Waals surface area contributed by atoms with Crippen LogP contribution >= 0.6 is 27.7 Å². The van der Waals surface area contributed by atoms with E-state index in [4.69, 9.17) is 0 Å². The molecule has 0 fully saturated rings. The first-order valence-corrected chi connectivity index (χ1v) is 10.3. The molecule has 3 amide bonds. The smallest absolute Gasteiger partial charge is 0.244 e. The van der Waals surface area contributed by atoms with Crippen LogP contribution in [0.5, 0.6) is 0 Å². The van der Waals surface area contributed by atoms with Gasteiger partial charge in [0.1, 0.15) is 0 Å². The molecule has 1 atom stereocenters. The average Bonchev–Trinajstić information content (AvgIpc) is 2.64. The van der Waals surface area contributed by atoms with Gasteiger partial charge < -0.3 is 15.5 Å². The number of hydrogen-bond donors (Lipinski definition) is 2. The zero-order chi connectivity index (χ0) is 20.7. The molecule has 1 unspecified atom stereocenters. The number of rotatable bonds is 7. The molecule has 0 aliphatic carbocycles. The summed E-state index contributed by atoms with van der Waals surface area (Å²) in [5.41, 5.74) is 1.37. The molecule has 0 heterocycles. The van der Waals surface area contributed by atoms with Gasteiger partial charge in [-0.15, -0.1) is 11.8 Å². The number of para-hydroxylation sites is 1. The topological polar surface area (TPSA) is 78.5 Å². The second-order valence-electron chi connectivity index (χ2n) is 6.19. The van der Waals surface area contributed by atoms with Crippen LogP contribution in [0.2, 0.25) is 0 Å². The maximum Gasteiger partial charge on any atom is 0.244 e. The predicted molar refractivity (Wildman–Crippen MR) is 116 cm³/mol. The lowest BCUT2D eigenvalue weighted by Crippen LogP contribution is -2.38. The summed E-state index contributed by atoms with van der Waals surface area (Å²) in [6.07, 6.45) is 0. The molecule has 0 saturated heterocycles. The molecule has 148 valence electrons. The van der Waals surface area contributed by atoms with Crippen molar-refractivity contribution in [2.45, 2.75) is 24.0 Å². The number of benzene rings is 2. The van der Waals surface area contributed by atoms with Crippen LogP contribution in [0.1, 0.15) is 13.8 Å². The van der Waals surface area contributed by atoms with Crippen molar-refractivity contribution in [2.24, 2.45) is 0 Å². The Kier molecular flexibility index (Phi) is 8.07. The molecule has 2 rings (SSSR count). The lowest BCUT2D eigenvalue weighted by molar-refractivity contribution is -0.132. The van der Waals surface area contributed by atoms with Crippen molar-refractivity contribution in [1.29, 1.82) is 0 Å². The quantitative estimate of drug-likeness (QED) is 0.608. The third kappa shape index (κ3) is 6.69. The molecule has 2 aromatic carbocycles. The highest BCUT2D eigenvalue weighted by molar-refractivity contribution is 9.10. The largest absolute Gasteiger partial charge is 0.335 e. The standard InChI is InChI=1S/C20H22BrN3O3S/c1-13(28-16-10-8-15(9-11-16)22-14(2)25)20(27)24(3)12-19(26)23-18-7-5-4-6-17(18)21/h4-11,13H,12H2,1-3H3,(H,22,25)(H,23,26). The molecular weight excluding hydrogens is 442 g/mol. The highest BCUT2D eigenvalue weighted by Gasteiger charge is 2.21. The molecule has 0 spiro atoms. The van der Waals surface area contributed by atoms with Gasteiger partial charge in [0.05, 0.1) is 17.5 Å². The van der Waals surface area contributed by atoms with E-state index in [1.165, 1.54) is 23.6 Å². The molecule has 2 aromatic rings. The van der Waals surface area contributed by atoms with Crippen LogP contribution in [0.3, 0.4) is 0 Å². The fraction of sp³-hybridized carbons (Fsp3) is 0.250. The van der Waals surface area contributed by atoms with Crippen LogP contribution in [0.15, 0.2) is 57.9 Å². The van der Waals surface area contributed by atoms with Crippen molar-refractivity contribution in [2.75, 3.05) is 24.2 Å². The van der Waals surface area contributed by atoms with Crippen molar-refractivity contribution >= 4 is 56.8 Å². The summed E-state index contributed by atoms with van der Waals surface area (Å²) in [5.74, 6) is -0.538. The minimum Gasteiger partial charge on any atom is -0.335 e. The van der Waals surface area contributed by atoms with Crippen LogP contribution in [0.25, 0.3) is 0 Å². The molecule has 8 heteroatoms. The Morgan fingerprint density at radius 1 is 1.07 bits per heavy atom. The summed E-state index contributed by atoms with van der Waals surface area (Å²) in [6.45, 7) is 3.22. The van der Waals surface area contributed by atoms with Gasteiger partial charge in [-0.25, -0.2) is 0 Å². The highest BCUT2D eigenvalue weighted by Crippen LogP contribution is 2.26. The predicted octanol–water partition coefficient (Wildman–Crippen LogP) is 3.99. The number of amides is 3. The van der Waals surface area contributed by atoms with Crippen molar-refractivity contribution in [3.63, 3.8) is 0 Å². The number of carbonyl (C=O) groups excluding carboxylic acids is 3. The van der Waals surface area contributed by atoms with E-state index in [2.05, 4.69) is 26.6 Å². The van der Waals surface area contributed by atoms with Gasteiger partial charge in [0.25, 0.3) is 0 Å². The molecule has 0 aliphatic heterocycles. The van der Waals surface area contributed by atoms with Gasteiger partial charge >= 0.3 is 0 Å². The fourth-order valence-corrected chi connectivity index (χ4v) is 3.80. The number of carbonyl (C=O) groups is 3. The zero-order valence-corrected chi connectivity index (χ0v) is 18.3. The van der Waals surface area contributed by atoms with Crippen LogP contribution in [0, 0.1) is 0 Å². The van der Waals surface area contributed by atoms with E-state index >= 15 is 0 Å². The van der Waals surface area contributed by atoms with E-state index in [1.807, 2.05) is 30.3 Å². The van der Waals surface area contributed by atoms with E-state index in [0.717, 1.165) is 9.37 Å². The number of anilines is 2. The van der Waals surface area contributed by atoms with Gasteiger partial charge in [-0.2, -0.15) is 0 Å². The van der Waals surface area contributed by atoms with Crippen molar-refractivity contribution < 1.29 is 14.4 Å². The maximum absolute atomic E-state index is 12.6. The normalized spacial score (nSPS) is 11.4. The van der Waals surface area contributed by atoms with Crippen molar-refractivity contribution in [3.8, 4) is 0 Å². The Balaban J connectivity index is 1.88. The first-order valence-electron chi connectivity index (χ1n) is 8.60. The Labute approximate surface area is 177 Å². The Bertz CT molecular complexity index is 858. The monoisotopic (exact) mass is 463 g/mol. The second kappa shape index (κ2) is 10.3. The van der Waals surface area contributed by atoms with Gasteiger partial charge in [0.2, 0.25) is 17.7 Å². The minimum absolute atomic E-state index is 0.0352. The summed E-state index contributed by atoms with van der Waals surface area (Å²) < 4.78 is 0.781. The molecular formula is C20H22BrN3O3S. The number of thioether (sulfide) groups is 1. The first kappa shape index (κ1) is 22.0. The number of hydrogen-bond acceptors (Lipinski definition) is 4. The molecule has 0 aromatic heterocycles. The Morgan fingerprint density at radius 3 is 2.32 bits per heavy atom. The van der Waals surface area contributed by atoms with E-state index in [9.17, 15) is 14.4 Å². The maximum atomic E-state index is 12.6. The number of nitrogens with zero attached hydrogens (tertiary/aromatic N) is 1. The van der Waals surface area contributed by atoms with Gasteiger partial charge in [-0.1, -0.05) is 12.1 Å². The van der Waals surface area contributed by atoms with Crippen LogP contribution in [0.4, 0.5) is 11.4 Å². The van der Waals surface area contributed by atoms with E-state index in [-0.39, 0.29) is 29.5 Å². The van der Waals surface area contributed by atoms with E-state index in [1.54, 1.807) is 32.2 Å². The molecule has 28 heavy (non-hydrogen) atoms. The lowest BCUT2D eigenvalue weighted by Gasteiger charge is -2.21. The Morgan fingerprint density at radius 2 is 1.71 bits per heavy atom. The summed E-state index contributed by atoms with van der Waals surface area (Å²) in [6, 6.07) is 14.6. The second-order valence-corrected chi connectivity index (χ2v) is 8.46. The van der Waals surface area contributed by atoms with Crippen LogP contribution in [-0.4, -0.2) is 41.5 Å². The number of halogens is 1. The van der Waals surface area contributed by atoms with Crippen molar-refractivity contribution in [1.82, 2.24) is 4.90 Å². The number of nitrogens with one attached hydrogen (secondary N) is 2. The third-order valence-corrected chi connectivity index (χ3v) is 5.53. The van der Waals surface area contributed by atoms with Gasteiger partial charge in [0, 0.05) is 29.0 Å². The van der Waals surface area contributed by atoms with E-state index < -0.39 is 0 Å². The molecule has 0 aliphatic rings. The molecule has 2 N–H and O–H groups in total. The van der Waals surface area contributed by atoms with Gasteiger partial charge in [-0.3, -0.25) is 14.4 Å². The average molecular weight is 464 g/mol. The fourth-order valence-electron chi connectivity index (χ4n) is 2.43. The molecule has 0 radical (unpaired) electrons. The molecule has 0 bridgehead atoms. The van der Waals surface area contributed by atoms with Gasteiger partial charge in [0.15, 0.2) is 0 Å². The summed E-state index contributed by atoms with van der Waals surface area (Å²) >= 11 is 4.77. The van der Waals surface area contributed by atoms with E-state index in [0.29, 0.717) is 11.4 Å². The molecule has 6 nitrogen and oxygen atoms in total. The van der Waals surface area contributed by atoms with Crippen LogP contribution in [-0.2, 0) is 14.4 Å². The zero-order valence-electron chi connectivity index (χ0n) is 15.9. The van der Waals surface area contributed by atoms with Crippen molar-refractivity contribution in [3.05, 3.63) is 53.0 Å². The number of likely N-dealkylation sites (N-methyl/N-ethyl adjacent to an activating group) is 1. The lowest BCUT2D eigenvalue weighted by atomic mass is 10.3. The highest BCUT2D eigenvalue weighted by atomic mass is 79.9. The summed E-state index contributed by atoms with van der Waals surface area (Å²) in [4.78, 5) is 38.2. The minimum atomic E-state index is -0.354. The third-order valence-electron chi connectivity index (χ3n) is 3.74. The first-order chi connectivity index (χ1) is 13.3. The van der Waals surface area contributed by atoms with Gasteiger partial charge in [-0.05, 0) is 59.3 Å². The summed E-state index contributed by atoms with van der Waals surface area (Å²) in [7, 11) is 1.61. The summed E-state index contributed by atoms with van der Waals surface area (Å²) in [5, 5.41) is 5.13.